The Morgan fingerprint density at radius 1 is 0.944 bits per heavy atom. The maximum absolute atomic E-state index is 10.6. The van der Waals surface area contributed by atoms with E-state index in [9.17, 15) is 13.2 Å². The van der Waals surface area contributed by atoms with Gasteiger partial charge < -0.3 is 19.6 Å². The minimum absolute atomic E-state index is 0.0535. The summed E-state index contributed by atoms with van der Waals surface area (Å²) in [5, 5.41) is 7.12. The number of alkyl halides is 3. The molecule has 0 unspecified atom stereocenters. The molecule has 2 N–H and O–H groups in total. The summed E-state index contributed by atoms with van der Waals surface area (Å²) in [6, 6.07) is 18.1. The Morgan fingerprint density at radius 3 is 2.17 bits per heavy atom. The molecule has 0 aliphatic rings. The third-order valence-electron chi connectivity index (χ3n) is 4.63. The predicted octanol–water partition coefficient (Wildman–Crippen LogP) is 6.50. The molecule has 0 saturated heterocycles. The fourth-order valence-electron chi connectivity index (χ4n) is 3.21. The number of H-pyrrole nitrogens is 1. The summed E-state index contributed by atoms with van der Waals surface area (Å²) in [7, 11) is 0. The second-order valence-corrected chi connectivity index (χ2v) is 8.34. The number of carbonyl (C=O) groups is 1. The number of halogens is 3. The monoisotopic (exact) mass is 501 g/mol. The van der Waals surface area contributed by atoms with Crippen LogP contribution in [0.15, 0.2) is 60.8 Å². The highest BCUT2D eigenvalue weighted by molar-refractivity contribution is 5.82. The Labute approximate surface area is 205 Å². The van der Waals surface area contributed by atoms with E-state index in [-0.39, 0.29) is 12.2 Å². The van der Waals surface area contributed by atoms with E-state index >= 15 is 0 Å². The number of aliphatic carboxylic acids is 1. The molecule has 0 atom stereocenters. The lowest BCUT2D eigenvalue weighted by Gasteiger charge is -2.16. The molecule has 190 valence electrons. The van der Waals surface area contributed by atoms with E-state index in [2.05, 4.69) is 28.2 Å². The first kappa shape index (κ1) is 26.5. The SMILES string of the molecule is CC(C)Oc1ccc(OC(C)C)c(-c2nc3cc(-c4ccccc4)cnc3[nH]2)c1.O=C(O)C(F)(F)F. The second-order valence-electron chi connectivity index (χ2n) is 8.34. The number of aromatic amines is 1. The van der Waals surface area contributed by atoms with Gasteiger partial charge in [-0.25, -0.2) is 14.8 Å². The molecule has 0 aliphatic carbocycles. The molecule has 0 bridgehead atoms. The van der Waals surface area contributed by atoms with Crippen LogP contribution in [0.2, 0.25) is 0 Å². The normalized spacial score (nSPS) is 11.4. The van der Waals surface area contributed by atoms with Gasteiger partial charge in [-0.2, -0.15) is 13.2 Å². The minimum Gasteiger partial charge on any atom is -0.491 e. The van der Waals surface area contributed by atoms with Crippen molar-refractivity contribution in [1.29, 1.82) is 0 Å². The van der Waals surface area contributed by atoms with Crippen LogP contribution < -0.4 is 9.47 Å². The molecule has 0 saturated carbocycles. The molecule has 0 spiro atoms. The quantitative estimate of drug-likeness (QED) is 0.313. The van der Waals surface area contributed by atoms with Crippen LogP contribution in [0.25, 0.3) is 33.7 Å². The van der Waals surface area contributed by atoms with Gasteiger partial charge in [0.15, 0.2) is 5.65 Å². The summed E-state index contributed by atoms with van der Waals surface area (Å²) in [5.41, 5.74) is 4.56. The van der Waals surface area contributed by atoms with Gasteiger partial charge in [0.05, 0.1) is 17.8 Å². The smallest absolute Gasteiger partial charge is 0.490 e. The lowest BCUT2D eigenvalue weighted by atomic mass is 10.1. The van der Waals surface area contributed by atoms with Crippen LogP contribution in [0.1, 0.15) is 27.7 Å². The molecule has 2 aromatic carbocycles. The Kier molecular flexibility index (Phi) is 8.18. The summed E-state index contributed by atoms with van der Waals surface area (Å²) >= 11 is 0. The first-order valence-electron chi connectivity index (χ1n) is 11.1. The number of carboxylic acid groups (broad SMARTS) is 1. The lowest BCUT2D eigenvalue weighted by Crippen LogP contribution is -2.21. The van der Waals surface area contributed by atoms with Crippen molar-refractivity contribution < 1.29 is 32.5 Å². The van der Waals surface area contributed by atoms with Crippen molar-refractivity contribution in [2.45, 2.75) is 46.1 Å². The summed E-state index contributed by atoms with van der Waals surface area (Å²) < 4.78 is 43.6. The topological polar surface area (TPSA) is 97.3 Å². The zero-order valence-electron chi connectivity index (χ0n) is 20.1. The highest BCUT2D eigenvalue weighted by Gasteiger charge is 2.38. The predicted molar refractivity (Wildman–Crippen MR) is 130 cm³/mol. The molecular formula is C26H26F3N3O4. The van der Waals surface area contributed by atoms with Gasteiger partial charge in [-0.05, 0) is 57.5 Å². The molecule has 0 aliphatic heterocycles. The number of benzene rings is 2. The number of imidazole rings is 1. The van der Waals surface area contributed by atoms with Gasteiger partial charge in [0, 0.05) is 11.8 Å². The first-order valence-corrected chi connectivity index (χ1v) is 11.1. The third kappa shape index (κ3) is 6.97. The molecular weight excluding hydrogens is 475 g/mol. The number of rotatable bonds is 6. The molecule has 2 heterocycles. The molecule has 10 heteroatoms. The molecule has 36 heavy (non-hydrogen) atoms. The van der Waals surface area contributed by atoms with Crippen LogP contribution in [-0.2, 0) is 4.79 Å². The van der Waals surface area contributed by atoms with Crippen molar-refractivity contribution in [3.8, 4) is 34.0 Å². The lowest BCUT2D eigenvalue weighted by molar-refractivity contribution is -0.192. The second kappa shape index (κ2) is 11.1. The summed E-state index contributed by atoms with van der Waals surface area (Å²) in [4.78, 5) is 21.6. The standard InChI is InChI=1S/C24H25N3O2.C2HF3O2/c1-15(2)28-19-10-11-22(29-16(3)4)20(13-19)23-26-21-12-18(14-25-24(21)27-23)17-8-6-5-7-9-17;3-2(4,5)1(6)7/h5-16H,1-4H3,(H,25,26,27);(H,6,7). The number of hydrogen-bond acceptors (Lipinski definition) is 5. The highest BCUT2D eigenvalue weighted by atomic mass is 19.4. The van der Waals surface area contributed by atoms with Crippen LogP contribution in [0.5, 0.6) is 11.5 Å². The molecule has 2 aromatic heterocycles. The average Bonchev–Trinajstić information content (AvgIpc) is 3.23. The maximum atomic E-state index is 10.6. The number of pyridine rings is 1. The van der Waals surface area contributed by atoms with Crippen LogP contribution in [-0.4, -0.2) is 44.4 Å². The Bertz CT molecular complexity index is 1320. The number of nitrogens with zero attached hydrogens (tertiary/aromatic N) is 2. The van der Waals surface area contributed by atoms with Crippen molar-refractivity contribution in [3.05, 3.63) is 60.8 Å². The largest absolute Gasteiger partial charge is 0.491 e. The van der Waals surface area contributed by atoms with E-state index in [1.807, 2.05) is 70.3 Å². The number of carboxylic acids is 1. The molecule has 4 rings (SSSR count). The first-order chi connectivity index (χ1) is 16.9. The van der Waals surface area contributed by atoms with Crippen LogP contribution in [0.4, 0.5) is 13.2 Å². The van der Waals surface area contributed by atoms with Gasteiger partial charge in [0.2, 0.25) is 0 Å². The molecule has 0 radical (unpaired) electrons. The maximum Gasteiger partial charge on any atom is 0.490 e. The van der Waals surface area contributed by atoms with E-state index in [1.165, 1.54) is 0 Å². The summed E-state index contributed by atoms with van der Waals surface area (Å²) in [5.74, 6) is -0.502. The van der Waals surface area contributed by atoms with Crippen molar-refractivity contribution >= 4 is 17.1 Å². The molecule has 7 nitrogen and oxygen atoms in total. The highest BCUT2D eigenvalue weighted by Crippen LogP contribution is 2.34. The zero-order valence-corrected chi connectivity index (χ0v) is 20.1. The van der Waals surface area contributed by atoms with Crippen molar-refractivity contribution in [1.82, 2.24) is 15.0 Å². The minimum atomic E-state index is -5.08. The van der Waals surface area contributed by atoms with Gasteiger partial charge in [-0.1, -0.05) is 30.3 Å². The molecule has 4 aromatic rings. The fraction of sp³-hybridized carbons (Fsp3) is 0.269. The van der Waals surface area contributed by atoms with Crippen LogP contribution in [0.3, 0.4) is 0 Å². The van der Waals surface area contributed by atoms with Gasteiger partial charge in [-0.15, -0.1) is 0 Å². The van der Waals surface area contributed by atoms with Crippen molar-refractivity contribution in [2.75, 3.05) is 0 Å². The van der Waals surface area contributed by atoms with Crippen molar-refractivity contribution in [2.24, 2.45) is 0 Å². The van der Waals surface area contributed by atoms with Gasteiger partial charge in [0.25, 0.3) is 0 Å². The summed E-state index contributed by atoms with van der Waals surface area (Å²) in [6.45, 7) is 8.03. The Hall–Kier alpha value is -4.08. The number of nitrogens with one attached hydrogen (secondary N) is 1. The fourth-order valence-corrected chi connectivity index (χ4v) is 3.21. The molecule has 0 fully saturated rings. The van der Waals surface area contributed by atoms with E-state index in [0.29, 0.717) is 5.82 Å². The van der Waals surface area contributed by atoms with Crippen LogP contribution in [0, 0.1) is 0 Å². The van der Waals surface area contributed by atoms with E-state index in [4.69, 9.17) is 24.4 Å². The molecule has 0 amide bonds. The van der Waals surface area contributed by atoms with E-state index in [1.54, 1.807) is 0 Å². The summed E-state index contributed by atoms with van der Waals surface area (Å²) in [6.07, 6.45) is -3.08. The van der Waals surface area contributed by atoms with Gasteiger partial charge in [0.1, 0.15) is 22.8 Å². The zero-order chi connectivity index (χ0) is 26.5. The number of aromatic nitrogens is 3. The van der Waals surface area contributed by atoms with Crippen molar-refractivity contribution in [3.63, 3.8) is 0 Å². The van der Waals surface area contributed by atoms with E-state index in [0.717, 1.165) is 39.4 Å². The Balaban J connectivity index is 0.000000454. The Morgan fingerprint density at radius 2 is 1.58 bits per heavy atom. The van der Waals surface area contributed by atoms with E-state index < -0.39 is 12.1 Å². The third-order valence-corrected chi connectivity index (χ3v) is 4.63. The van der Waals surface area contributed by atoms with Gasteiger partial charge in [-0.3, -0.25) is 0 Å². The number of hydrogen-bond donors (Lipinski definition) is 2. The number of fused-ring (bicyclic) bond motifs is 1. The van der Waals surface area contributed by atoms with Gasteiger partial charge >= 0.3 is 12.1 Å². The average molecular weight is 502 g/mol. The van der Waals surface area contributed by atoms with Crippen LogP contribution >= 0.6 is 0 Å². The number of ether oxygens (including phenoxy) is 2.